The Balaban J connectivity index is 2.24. The molecule has 0 spiro atoms. The van der Waals surface area contributed by atoms with Crippen LogP contribution in [0.3, 0.4) is 0 Å². The molecule has 1 aromatic heterocycles. The number of methoxy groups -OCH3 is 2. The maximum absolute atomic E-state index is 11.9. The van der Waals surface area contributed by atoms with Crippen LogP contribution in [-0.2, 0) is 17.6 Å². The van der Waals surface area contributed by atoms with Crippen molar-refractivity contribution in [2.75, 3.05) is 14.2 Å². The summed E-state index contributed by atoms with van der Waals surface area (Å²) in [6.07, 6.45) is 1.56. The third kappa shape index (κ3) is 3.32. The zero-order valence-electron chi connectivity index (χ0n) is 11.3. The van der Waals surface area contributed by atoms with Crippen molar-refractivity contribution in [2.45, 2.75) is 12.8 Å². The van der Waals surface area contributed by atoms with Crippen LogP contribution in [0.25, 0.3) is 0 Å². The van der Waals surface area contributed by atoms with Crippen LogP contribution in [0, 0.1) is 0 Å². The number of esters is 1. The Bertz CT molecular complexity index is 607. The van der Waals surface area contributed by atoms with Crippen LogP contribution in [0.4, 0.5) is 0 Å². The summed E-state index contributed by atoms with van der Waals surface area (Å²) in [5, 5.41) is 0. The molecule has 2 rings (SSSR count). The molecule has 106 valence electrons. The summed E-state index contributed by atoms with van der Waals surface area (Å²) < 4.78 is 10.9. The van der Waals surface area contributed by atoms with Crippen LogP contribution in [0.1, 0.15) is 20.8 Å². The smallest absolute Gasteiger partial charge is 0.341 e. The van der Waals surface area contributed by atoms with Gasteiger partial charge in [0.2, 0.25) is 0 Å². The quantitative estimate of drug-likeness (QED) is 0.784. The molecule has 0 fully saturated rings. The average Bonchev–Trinajstić information content (AvgIpc) is 2.89. The lowest BCUT2D eigenvalue weighted by Crippen LogP contribution is -2.08. The van der Waals surface area contributed by atoms with Crippen LogP contribution in [0.15, 0.2) is 30.3 Å². The molecule has 0 amide bonds. The molecule has 0 N–H and O–H groups in total. The molecule has 2 aromatic rings. The molecule has 5 heteroatoms. The third-order valence-corrected chi connectivity index (χ3v) is 4.28. The predicted molar refractivity (Wildman–Crippen MR) is 81.1 cm³/mol. The largest absolute Gasteiger partial charge is 0.496 e. The topological polar surface area (TPSA) is 35.5 Å². The number of carbonyl (C=O) groups is 1. The minimum atomic E-state index is -0.373. The SMILES string of the molecule is COC(=O)c1c(CCc2ccc(Cl)s2)cccc1OC. The molecule has 0 atom stereocenters. The summed E-state index contributed by atoms with van der Waals surface area (Å²) in [4.78, 5) is 13.1. The molecule has 0 aliphatic heterocycles. The fourth-order valence-electron chi connectivity index (χ4n) is 2.03. The molecule has 0 bridgehead atoms. The van der Waals surface area contributed by atoms with E-state index in [2.05, 4.69) is 0 Å². The lowest BCUT2D eigenvalue weighted by molar-refractivity contribution is 0.0596. The molecule has 3 nitrogen and oxygen atoms in total. The van der Waals surface area contributed by atoms with Gasteiger partial charge in [0, 0.05) is 4.88 Å². The number of aryl methyl sites for hydroxylation is 2. The molecule has 1 heterocycles. The molecule has 0 radical (unpaired) electrons. The van der Waals surface area contributed by atoms with Gasteiger partial charge in [-0.2, -0.15) is 0 Å². The second kappa shape index (κ2) is 6.77. The molecular weight excluding hydrogens is 296 g/mol. The van der Waals surface area contributed by atoms with Crippen LogP contribution < -0.4 is 4.74 Å². The fraction of sp³-hybridized carbons (Fsp3) is 0.267. The van der Waals surface area contributed by atoms with Gasteiger partial charge in [-0.1, -0.05) is 23.7 Å². The van der Waals surface area contributed by atoms with Crippen molar-refractivity contribution in [2.24, 2.45) is 0 Å². The summed E-state index contributed by atoms with van der Waals surface area (Å²) in [6, 6.07) is 9.45. The summed E-state index contributed by atoms with van der Waals surface area (Å²) in [6.45, 7) is 0. The number of hydrogen-bond donors (Lipinski definition) is 0. The van der Waals surface area contributed by atoms with Gasteiger partial charge in [-0.25, -0.2) is 4.79 Å². The average molecular weight is 311 g/mol. The van der Waals surface area contributed by atoms with Crippen LogP contribution >= 0.6 is 22.9 Å². The number of thiophene rings is 1. The third-order valence-electron chi connectivity index (χ3n) is 2.99. The van der Waals surface area contributed by atoms with Crippen molar-refractivity contribution in [3.63, 3.8) is 0 Å². The minimum Gasteiger partial charge on any atom is -0.496 e. The monoisotopic (exact) mass is 310 g/mol. The highest BCUT2D eigenvalue weighted by Crippen LogP contribution is 2.26. The molecule has 20 heavy (non-hydrogen) atoms. The maximum Gasteiger partial charge on any atom is 0.341 e. The van der Waals surface area contributed by atoms with E-state index in [9.17, 15) is 4.79 Å². The van der Waals surface area contributed by atoms with E-state index < -0.39 is 0 Å². The van der Waals surface area contributed by atoms with Gasteiger partial charge in [0.15, 0.2) is 0 Å². The zero-order valence-corrected chi connectivity index (χ0v) is 12.9. The van der Waals surface area contributed by atoms with Gasteiger partial charge in [0.25, 0.3) is 0 Å². The number of rotatable bonds is 5. The number of ether oxygens (including phenoxy) is 2. The van der Waals surface area contributed by atoms with E-state index in [0.717, 1.165) is 22.7 Å². The van der Waals surface area contributed by atoms with Gasteiger partial charge in [-0.3, -0.25) is 0 Å². The summed E-state index contributed by atoms with van der Waals surface area (Å²) >= 11 is 7.47. The zero-order chi connectivity index (χ0) is 14.5. The van der Waals surface area contributed by atoms with Crippen molar-refractivity contribution >= 4 is 28.9 Å². The van der Waals surface area contributed by atoms with Gasteiger partial charge >= 0.3 is 5.97 Å². The molecule has 1 aromatic carbocycles. The lowest BCUT2D eigenvalue weighted by Gasteiger charge is -2.11. The highest BCUT2D eigenvalue weighted by Gasteiger charge is 2.17. The molecule has 0 aliphatic rings. The first-order valence-electron chi connectivity index (χ1n) is 6.14. The normalized spacial score (nSPS) is 10.3. The van der Waals surface area contributed by atoms with E-state index in [1.54, 1.807) is 24.5 Å². The number of hydrogen-bond acceptors (Lipinski definition) is 4. The molecular formula is C15H15ClO3S. The Kier molecular flexibility index (Phi) is 5.04. The second-order valence-electron chi connectivity index (χ2n) is 4.19. The Morgan fingerprint density at radius 3 is 2.60 bits per heavy atom. The van der Waals surface area contributed by atoms with Gasteiger partial charge in [0.05, 0.1) is 18.6 Å². The van der Waals surface area contributed by atoms with E-state index >= 15 is 0 Å². The first-order chi connectivity index (χ1) is 9.65. The van der Waals surface area contributed by atoms with Crippen molar-refractivity contribution in [3.8, 4) is 5.75 Å². The Morgan fingerprint density at radius 2 is 2.00 bits per heavy atom. The first-order valence-corrected chi connectivity index (χ1v) is 7.33. The second-order valence-corrected chi connectivity index (χ2v) is 5.99. The van der Waals surface area contributed by atoms with Crippen molar-refractivity contribution in [3.05, 3.63) is 50.7 Å². The number of benzene rings is 1. The Labute approximate surface area is 127 Å². The van der Waals surface area contributed by atoms with Gasteiger partial charge in [-0.15, -0.1) is 11.3 Å². The lowest BCUT2D eigenvalue weighted by atomic mass is 10.0. The van der Waals surface area contributed by atoms with Crippen molar-refractivity contribution in [1.29, 1.82) is 0 Å². The standard InChI is InChI=1S/C15H15ClO3S/c1-18-12-5-3-4-10(14(12)15(17)19-2)6-7-11-8-9-13(16)20-11/h3-5,8-9H,6-7H2,1-2H3. The predicted octanol–water partition coefficient (Wildman–Crippen LogP) is 3.98. The highest BCUT2D eigenvalue weighted by molar-refractivity contribution is 7.16. The molecule has 0 unspecified atom stereocenters. The van der Waals surface area contributed by atoms with Crippen molar-refractivity contribution in [1.82, 2.24) is 0 Å². The Hall–Kier alpha value is -1.52. The molecule has 0 aliphatic carbocycles. The highest BCUT2D eigenvalue weighted by atomic mass is 35.5. The van der Waals surface area contributed by atoms with Crippen LogP contribution in [0.2, 0.25) is 4.34 Å². The molecule has 0 saturated carbocycles. The van der Waals surface area contributed by atoms with Gasteiger partial charge in [0.1, 0.15) is 11.3 Å². The van der Waals surface area contributed by atoms with Gasteiger partial charge in [-0.05, 0) is 36.6 Å². The number of carbonyl (C=O) groups excluding carboxylic acids is 1. The van der Waals surface area contributed by atoms with Gasteiger partial charge < -0.3 is 9.47 Å². The molecule has 0 saturated heterocycles. The van der Waals surface area contributed by atoms with E-state index in [1.165, 1.54) is 12.0 Å². The van der Waals surface area contributed by atoms with Crippen LogP contribution in [-0.4, -0.2) is 20.2 Å². The first kappa shape index (κ1) is 14.9. The summed E-state index contributed by atoms with van der Waals surface area (Å²) in [5.41, 5.74) is 1.42. The summed E-state index contributed by atoms with van der Waals surface area (Å²) in [7, 11) is 2.92. The Morgan fingerprint density at radius 1 is 1.20 bits per heavy atom. The van der Waals surface area contributed by atoms with E-state index in [1.807, 2.05) is 24.3 Å². The summed E-state index contributed by atoms with van der Waals surface area (Å²) in [5.74, 6) is 0.167. The minimum absolute atomic E-state index is 0.373. The van der Waals surface area contributed by atoms with E-state index in [4.69, 9.17) is 21.1 Å². The van der Waals surface area contributed by atoms with Crippen LogP contribution in [0.5, 0.6) is 5.75 Å². The van der Waals surface area contributed by atoms with E-state index in [0.29, 0.717) is 11.3 Å². The van der Waals surface area contributed by atoms with Crippen molar-refractivity contribution < 1.29 is 14.3 Å². The maximum atomic E-state index is 11.9. The fourth-order valence-corrected chi connectivity index (χ4v) is 3.12. The van der Waals surface area contributed by atoms with E-state index in [-0.39, 0.29) is 5.97 Å². The number of halogens is 1.